The fraction of sp³-hybridized carbons (Fsp3) is 0.400. The average molecular weight is 256 g/mol. The van der Waals surface area contributed by atoms with Gasteiger partial charge in [0.05, 0.1) is 12.7 Å². The third kappa shape index (κ3) is 2.63. The van der Waals surface area contributed by atoms with Crippen LogP contribution >= 0.6 is 0 Å². The Hall–Kier alpha value is -1.81. The van der Waals surface area contributed by atoms with Crippen LogP contribution in [0.3, 0.4) is 0 Å². The van der Waals surface area contributed by atoms with E-state index in [2.05, 4.69) is 35.7 Å². The second kappa shape index (κ2) is 5.05. The van der Waals surface area contributed by atoms with Gasteiger partial charge >= 0.3 is 0 Å². The molecule has 0 saturated carbocycles. The summed E-state index contributed by atoms with van der Waals surface area (Å²) in [6.07, 6.45) is 6.26. The first-order chi connectivity index (χ1) is 9.22. The standard InChI is InChI=1S/C15H20N4/c1-11-9-18-19(10-11)7-6-17-15-5-2-12-8-13(16)3-4-14(12)15/h3-4,8-10,15,17H,2,5-7,16H2,1H3. The minimum Gasteiger partial charge on any atom is -0.399 e. The highest BCUT2D eigenvalue weighted by Crippen LogP contribution is 2.32. The molecule has 1 unspecified atom stereocenters. The zero-order valence-electron chi connectivity index (χ0n) is 11.3. The van der Waals surface area contributed by atoms with Gasteiger partial charge in [-0.3, -0.25) is 4.68 Å². The molecule has 0 amide bonds. The zero-order valence-corrected chi connectivity index (χ0v) is 11.3. The first kappa shape index (κ1) is 12.2. The van der Waals surface area contributed by atoms with Gasteiger partial charge in [-0.15, -0.1) is 0 Å². The van der Waals surface area contributed by atoms with Crippen LogP contribution in [0.4, 0.5) is 5.69 Å². The van der Waals surface area contributed by atoms with Crippen LogP contribution in [0.15, 0.2) is 30.6 Å². The Morgan fingerprint density at radius 3 is 3.16 bits per heavy atom. The number of nitrogens with two attached hydrogens (primary N) is 1. The summed E-state index contributed by atoms with van der Waals surface area (Å²) in [5.41, 5.74) is 10.7. The number of rotatable bonds is 4. The van der Waals surface area contributed by atoms with Crippen LogP contribution in [-0.2, 0) is 13.0 Å². The number of hydrogen-bond acceptors (Lipinski definition) is 3. The number of fused-ring (bicyclic) bond motifs is 1. The van der Waals surface area contributed by atoms with Gasteiger partial charge in [0.25, 0.3) is 0 Å². The first-order valence-electron chi connectivity index (χ1n) is 6.83. The van der Waals surface area contributed by atoms with Crippen molar-refractivity contribution in [1.29, 1.82) is 0 Å². The van der Waals surface area contributed by atoms with Crippen molar-refractivity contribution in [3.05, 3.63) is 47.3 Å². The topological polar surface area (TPSA) is 55.9 Å². The summed E-state index contributed by atoms with van der Waals surface area (Å²) < 4.78 is 1.99. The lowest BCUT2D eigenvalue weighted by Gasteiger charge is -2.14. The number of nitrogens with one attached hydrogen (secondary N) is 1. The largest absolute Gasteiger partial charge is 0.399 e. The molecule has 0 aliphatic heterocycles. The molecule has 1 aliphatic carbocycles. The van der Waals surface area contributed by atoms with E-state index in [9.17, 15) is 0 Å². The SMILES string of the molecule is Cc1cnn(CCNC2CCc3cc(N)ccc32)c1. The monoisotopic (exact) mass is 256 g/mol. The number of anilines is 1. The number of nitrogen functional groups attached to an aromatic ring is 1. The molecule has 1 atom stereocenters. The second-order valence-corrected chi connectivity index (χ2v) is 5.28. The molecule has 1 aliphatic rings. The molecule has 4 heteroatoms. The van der Waals surface area contributed by atoms with Crippen molar-refractivity contribution in [2.24, 2.45) is 0 Å². The highest BCUT2D eigenvalue weighted by molar-refractivity contribution is 5.47. The van der Waals surface area contributed by atoms with Crippen molar-refractivity contribution < 1.29 is 0 Å². The van der Waals surface area contributed by atoms with E-state index in [0.29, 0.717) is 6.04 Å². The van der Waals surface area contributed by atoms with E-state index < -0.39 is 0 Å². The van der Waals surface area contributed by atoms with Gasteiger partial charge in [0.1, 0.15) is 0 Å². The predicted octanol–water partition coefficient (Wildman–Crippen LogP) is 2.05. The molecule has 3 N–H and O–H groups in total. The van der Waals surface area contributed by atoms with Crippen LogP contribution < -0.4 is 11.1 Å². The van der Waals surface area contributed by atoms with Gasteiger partial charge in [0.2, 0.25) is 0 Å². The minimum absolute atomic E-state index is 0.465. The Kier molecular flexibility index (Phi) is 3.25. The van der Waals surface area contributed by atoms with Crippen LogP contribution in [0, 0.1) is 6.92 Å². The Bertz CT molecular complexity index is 573. The van der Waals surface area contributed by atoms with Gasteiger partial charge < -0.3 is 11.1 Å². The molecule has 2 aromatic rings. The molecule has 1 aromatic heterocycles. The van der Waals surface area contributed by atoms with Gasteiger partial charge in [-0.1, -0.05) is 6.07 Å². The fourth-order valence-electron chi connectivity index (χ4n) is 2.79. The molecule has 3 rings (SSSR count). The summed E-state index contributed by atoms with van der Waals surface area (Å²) in [4.78, 5) is 0. The maximum atomic E-state index is 5.82. The maximum absolute atomic E-state index is 5.82. The quantitative estimate of drug-likeness (QED) is 0.823. The van der Waals surface area contributed by atoms with E-state index in [0.717, 1.165) is 31.6 Å². The maximum Gasteiger partial charge on any atom is 0.0534 e. The van der Waals surface area contributed by atoms with Crippen molar-refractivity contribution in [3.8, 4) is 0 Å². The van der Waals surface area contributed by atoms with E-state index in [-0.39, 0.29) is 0 Å². The van der Waals surface area contributed by atoms with Gasteiger partial charge in [-0.05, 0) is 48.6 Å². The predicted molar refractivity (Wildman–Crippen MR) is 76.9 cm³/mol. The highest BCUT2D eigenvalue weighted by atomic mass is 15.3. The smallest absolute Gasteiger partial charge is 0.0534 e. The molecule has 0 spiro atoms. The lowest BCUT2D eigenvalue weighted by atomic mass is 10.1. The summed E-state index contributed by atoms with van der Waals surface area (Å²) in [6, 6.07) is 6.73. The van der Waals surface area contributed by atoms with E-state index in [1.165, 1.54) is 16.7 Å². The second-order valence-electron chi connectivity index (χ2n) is 5.28. The van der Waals surface area contributed by atoms with Crippen LogP contribution in [0.2, 0.25) is 0 Å². The Morgan fingerprint density at radius 2 is 2.37 bits per heavy atom. The summed E-state index contributed by atoms with van der Waals surface area (Å²) in [5, 5.41) is 7.91. The summed E-state index contributed by atoms with van der Waals surface area (Å²) in [7, 11) is 0. The van der Waals surface area contributed by atoms with E-state index in [1.807, 2.05) is 16.9 Å². The van der Waals surface area contributed by atoms with Gasteiger partial charge in [-0.25, -0.2) is 0 Å². The average Bonchev–Trinajstić information content (AvgIpc) is 2.96. The molecule has 1 heterocycles. The molecule has 0 radical (unpaired) electrons. The minimum atomic E-state index is 0.465. The first-order valence-corrected chi connectivity index (χ1v) is 6.83. The highest BCUT2D eigenvalue weighted by Gasteiger charge is 2.21. The van der Waals surface area contributed by atoms with Crippen LogP contribution in [-0.4, -0.2) is 16.3 Å². The summed E-state index contributed by atoms with van der Waals surface area (Å²) in [6.45, 7) is 3.92. The van der Waals surface area contributed by atoms with Crippen molar-refractivity contribution in [2.45, 2.75) is 32.4 Å². The number of aryl methyl sites for hydroxylation is 2. The van der Waals surface area contributed by atoms with Crippen LogP contribution in [0.5, 0.6) is 0 Å². The van der Waals surface area contributed by atoms with Gasteiger partial charge in [-0.2, -0.15) is 5.10 Å². The van der Waals surface area contributed by atoms with E-state index in [1.54, 1.807) is 0 Å². The number of nitrogens with zero attached hydrogens (tertiary/aromatic N) is 2. The Morgan fingerprint density at radius 1 is 1.47 bits per heavy atom. The molecule has 0 fully saturated rings. The zero-order chi connectivity index (χ0) is 13.2. The molecule has 0 bridgehead atoms. The number of benzene rings is 1. The van der Waals surface area contributed by atoms with Gasteiger partial charge in [0.15, 0.2) is 0 Å². The third-order valence-corrected chi connectivity index (χ3v) is 3.74. The summed E-state index contributed by atoms with van der Waals surface area (Å²) in [5.74, 6) is 0. The van der Waals surface area contributed by atoms with E-state index >= 15 is 0 Å². The Balaban J connectivity index is 1.58. The van der Waals surface area contributed by atoms with Crippen molar-refractivity contribution in [1.82, 2.24) is 15.1 Å². The molecule has 0 saturated heterocycles. The van der Waals surface area contributed by atoms with Crippen LogP contribution in [0.1, 0.15) is 29.2 Å². The van der Waals surface area contributed by atoms with Crippen molar-refractivity contribution >= 4 is 5.69 Å². The molecule has 19 heavy (non-hydrogen) atoms. The van der Waals surface area contributed by atoms with E-state index in [4.69, 9.17) is 5.73 Å². The normalized spacial score (nSPS) is 17.6. The lowest BCUT2D eigenvalue weighted by Crippen LogP contribution is -2.24. The number of hydrogen-bond donors (Lipinski definition) is 2. The molecular weight excluding hydrogens is 236 g/mol. The molecule has 100 valence electrons. The fourth-order valence-corrected chi connectivity index (χ4v) is 2.79. The third-order valence-electron chi connectivity index (χ3n) is 3.74. The number of aromatic nitrogens is 2. The lowest BCUT2D eigenvalue weighted by molar-refractivity contribution is 0.484. The molecule has 1 aromatic carbocycles. The van der Waals surface area contributed by atoms with Crippen LogP contribution in [0.25, 0.3) is 0 Å². The molecular formula is C15H20N4. The van der Waals surface area contributed by atoms with Gasteiger partial charge in [0, 0.05) is 24.5 Å². The Labute approximate surface area is 113 Å². The summed E-state index contributed by atoms with van der Waals surface area (Å²) >= 11 is 0. The van der Waals surface area contributed by atoms with Crippen molar-refractivity contribution in [2.75, 3.05) is 12.3 Å². The van der Waals surface area contributed by atoms with Crippen molar-refractivity contribution in [3.63, 3.8) is 0 Å². The molecule has 4 nitrogen and oxygen atoms in total.